The Labute approximate surface area is 94.2 Å². The molecule has 92 valence electrons. The maximum Gasteiger partial charge on any atom is 0.319 e. The van der Waals surface area contributed by atoms with E-state index in [1.165, 1.54) is 13.5 Å². The lowest BCUT2D eigenvalue weighted by Gasteiger charge is -2.17. The Bertz CT molecular complexity index is 150. The molecule has 0 fully saturated rings. The molecule has 0 saturated heterocycles. The molecule has 0 aliphatic carbocycles. The average molecular weight is 218 g/mol. The van der Waals surface area contributed by atoms with E-state index in [1.54, 1.807) is 0 Å². The van der Waals surface area contributed by atoms with Gasteiger partial charge in [-0.25, -0.2) is 0 Å². The van der Waals surface area contributed by atoms with Crippen molar-refractivity contribution in [1.29, 1.82) is 0 Å². The maximum atomic E-state index is 10.8. The van der Waals surface area contributed by atoms with Crippen LogP contribution >= 0.6 is 0 Å². The van der Waals surface area contributed by atoms with Crippen LogP contribution in [0.2, 0.25) is 0 Å². The largest absolute Gasteiger partial charge is 0.468 e. The highest BCUT2D eigenvalue weighted by atomic mass is 16.5. The minimum Gasteiger partial charge on any atom is -0.468 e. The van der Waals surface area contributed by atoms with E-state index in [0.29, 0.717) is 6.54 Å². The molecular weight excluding hydrogens is 192 g/mol. The van der Waals surface area contributed by atoms with E-state index in [0.717, 1.165) is 13.1 Å². The van der Waals surface area contributed by atoms with Gasteiger partial charge >= 0.3 is 5.97 Å². The molecule has 0 aliphatic heterocycles. The number of ether oxygens (including phenoxy) is 1. The smallest absolute Gasteiger partial charge is 0.319 e. The molecule has 0 rings (SSSR count). The molecule has 0 saturated carbocycles. The van der Waals surface area contributed by atoms with E-state index < -0.39 is 0 Å². The number of nitrogens with zero attached hydrogens (tertiary/aromatic N) is 2. The predicted molar refractivity (Wildman–Crippen MR) is 64.0 cm³/mol. The number of hydrogen-bond donors (Lipinski definition) is 0. The van der Waals surface area contributed by atoms with Crippen LogP contribution in [-0.4, -0.2) is 63.7 Å². The van der Waals surface area contributed by atoms with E-state index in [-0.39, 0.29) is 5.97 Å². The first kappa shape index (κ1) is 16.8. The molecule has 0 amide bonds. The Morgan fingerprint density at radius 2 is 1.60 bits per heavy atom. The topological polar surface area (TPSA) is 32.8 Å². The van der Waals surface area contributed by atoms with E-state index in [2.05, 4.69) is 23.5 Å². The SMILES string of the molecule is CCC.COC(=O)CN(C)CCN(C)C. The second-order valence-electron chi connectivity index (χ2n) is 3.82. The summed E-state index contributed by atoms with van der Waals surface area (Å²) in [6, 6.07) is 0. The Kier molecular flexibility index (Phi) is 12.8. The summed E-state index contributed by atoms with van der Waals surface area (Å²) in [5.41, 5.74) is 0. The van der Waals surface area contributed by atoms with Crippen LogP contribution in [0.15, 0.2) is 0 Å². The first-order valence-corrected chi connectivity index (χ1v) is 5.37. The van der Waals surface area contributed by atoms with Gasteiger partial charge in [0.05, 0.1) is 13.7 Å². The lowest BCUT2D eigenvalue weighted by molar-refractivity contribution is -0.141. The van der Waals surface area contributed by atoms with Crippen LogP contribution in [0.25, 0.3) is 0 Å². The summed E-state index contributed by atoms with van der Waals surface area (Å²) in [7, 11) is 7.32. The van der Waals surface area contributed by atoms with Crippen molar-refractivity contribution in [3.63, 3.8) is 0 Å². The molecule has 0 spiro atoms. The van der Waals surface area contributed by atoms with Gasteiger partial charge in [0.15, 0.2) is 0 Å². The first-order chi connectivity index (χ1) is 6.97. The number of carbonyl (C=O) groups excluding carboxylic acids is 1. The lowest BCUT2D eigenvalue weighted by Crippen LogP contribution is -2.32. The predicted octanol–water partition coefficient (Wildman–Crippen LogP) is 1.07. The van der Waals surface area contributed by atoms with Crippen LogP contribution in [0, 0.1) is 0 Å². The third-order valence-electron chi connectivity index (χ3n) is 1.56. The molecule has 0 N–H and O–H groups in total. The molecule has 0 unspecified atom stereocenters. The van der Waals surface area contributed by atoms with Crippen molar-refractivity contribution in [2.24, 2.45) is 0 Å². The Morgan fingerprint density at radius 3 is 1.93 bits per heavy atom. The summed E-state index contributed by atoms with van der Waals surface area (Å²) < 4.78 is 4.53. The number of methoxy groups -OCH3 is 1. The first-order valence-electron chi connectivity index (χ1n) is 5.37. The third kappa shape index (κ3) is 16.1. The van der Waals surface area contributed by atoms with E-state index in [1.807, 2.05) is 26.0 Å². The average Bonchev–Trinajstić information content (AvgIpc) is 2.16. The zero-order chi connectivity index (χ0) is 12.3. The van der Waals surface area contributed by atoms with Crippen molar-refractivity contribution in [1.82, 2.24) is 9.80 Å². The molecule has 0 atom stereocenters. The third-order valence-corrected chi connectivity index (χ3v) is 1.56. The van der Waals surface area contributed by atoms with Crippen molar-refractivity contribution in [3.8, 4) is 0 Å². The summed E-state index contributed by atoms with van der Waals surface area (Å²) in [5, 5.41) is 0. The number of rotatable bonds is 5. The molecule has 0 bridgehead atoms. The summed E-state index contributed by atoms with van der Waals surface area (Å²) >= 11 is 0. The van der Waals surface area contributed by atoms with Crippen molar-refractivity contribution < 1.29 is 9.53 Å². The zero-order valence-electron chi connectivity index (χ0n) is 11.0. The van der Waals surface area contributed by atoms with E-state index >= 15 is 0 Å². The minimum atomic E-state index is -0.184. The van der Waals surface area contributed by atoms with Crippen LogP contribution in [0.3, 0.4) is 0 Å². The van der Waals surface area contributed by atoms with Crippen molar-refractivity contribution in [2.75, 3.05) is 47.9 Å². The maximum absolute atomic E-state index is 10.8. The molecule has 0 aromatic heterocycles. The van der Waals surface area contributed by atoms with Gasteiger partial charge in [-0.1, -0.05) is 20.3 Å². The van der Waals surface area contributed by atoms with E-state index in [4.69, 9.17) is 0 Å². The molecule has 0 aromatic carbocycles. The summed E-state index contributed by atoms with van der Waals surface area (Å²) in [4.78, 5) is 14.8. The van der Waals surface area contributed by atoms with Gasteiger partial charge < -0.3 is 9.64 Å². The zero-order valence-corrected chi connectivity index (χ0v) is 11.0. The number of likely N-dealkylation sites (N-methyl/N-ethyl adjacent to an activating group) is 2. The van der Waals surface area contributed by atoms with Gasteiger partial charge in [-0.15, -0.1) is 0 Å². The second-order valence-corrected chi connectivity index (χ2v) is 3.82. The molecular formula is C11H26N2O2. The molecule has 4 nitrogen and oxygen atoms in total. The number of esters is 1. The van der Waals surface area contributed by atoms with Gasteiger partial charge in [-0.2, -0.15) is 0 Å². The van der Waals surface area contributed by atoms with Gasteiger partial charge in [0, 0.05) is 13.1 Å². The van der Waals surface area contributed by atoms with Crippen molar-refractivity contribution in [3.05, 3.63) is 0 Å². The molecule has 0 aromatic rings. The van der Waals surface area contributed by atoms with Crippen LogP contribution in [0.5, 0.6) is 0 Å². The molecule has 4 heteroatoms. The highest BCUT2D eigenvalue weighted by Crippen LogP contribution is 1.85. The molecule has 0 aliphatic rings. The molecule has 15 heavy (non-hydrogen) atoms. The fraction of sp³-hybridized carbons (Fsp3) is 0.909. The van der Waals surface area contributed by atoms with Gasteiger partial charge in [-0.05, 0) is 21.1 Å². The minimum absolute atomic E-state index is 0.184. The van der Waals surface area contributed by atoms with Crippen LogP contribution in [0.1, 0.15) is 20.3 Å². The number of hydrogen-bond acceptors (Lipinski definition) is 4. The Balaban J connectivity index is 0. The Hall–Kier alpha value is -0.610. The van der Waals surface area contributed by atoms with Crippen molar-refractivity contribution >= 4 is 5.97 Å². The van der Waals surface area contributed by atoms with Gasteiger partial charge in [0.2, 0.25) is 0 Å². The van der Waals surface area contributed by atoms with Crippen molar-refractivity contribution in [2.45, 2.75) is 20.3 Å². The number of carbonyl (C=O) groups is 1. The summed E-state index contributed by atoms with van der Waals surface area (Å²) in [6.45, 7) is 6.44. The quantitative estimate of drug-likeness (QED) is 0.646. The molecule has 0 radical (unpaired) electrons. The second kappa shape index (κ2) is 11.5. The standard InChI is InChI=1S/C8H18N2O2.C3H8/c1-9(2)5-6-10(3)7-8(11)12-4;1-3-2/h5-7H2,1-4H3;3H2,1-2H3. The van der Waals surface area contributed by atoms with Gasteiger partial charge in [0.25, 0.3) is 0 Å². The fourth-order valence-electron chi connectivity index (χ4n) is 0.735. The monoisotopic (exact) mass is 218 g/mol. The van der Waals surface area contributed by atoms with E-state index in [9.17, 15) is 4.79 Å². The van der Waals surface area contributed by atoms with Crippen LogP contribution in [-0.2, 0) is 9.53 Å². The highest BCUT2D eigenvalue weighted by Gasteiger charge is 2.05. The summed E-state index contributed by atoms with van der Waals surface area (Å²) in [5.74, 6) is -0.184. The fourth-order valence-corrected chi connectivity index (χ4v) is 0.735. The summed E-state index contributed by atoms with van der Waals surface area (Å²) in [6.07, 6.45) is 1.25. The molecule has 0 heterocycles. The van der Waals surface area contributed by atoms with Crippen LogP contribution in [0.4, 0.5) is 0 Å². The Morgan fingerprint density at radius 1 is 1.13 bits per heavy atom. The van der Waals surface area contributed by atoms with Gasteiger partial charge in [0.1, 0.15) is 0 Å². The van der Waals surface area contributed by atoms with Gasteiger partial charge in [-0.3, -0.25) is 9.69 Å². The lowest BCUT2D eigenvalue weighted by atomic mass is 10.5. The normalized spacial score (nSPS) is 9.87. The highest BCUT2D eigenvalue weighted by molar-refractivity contribution is 5.71. The van der Waals surface area contributed by atoms with Crippen LogP contribution < -0.4 is 0 Å².